The molecular weight excluding hydrogens is 446 g/mol. The number of hydrogen-bond acceptors (Lipinski definition) is 5. The SMILES string of the molecule is COc1ccc(OC)c(C(C)NC(=O)CN2C(=O)NC(c3ccccc3)(c3ccccc3)C2=O)c1. The lowest BCUT2D eigenvalue weighted by molar-refractivity contribution is -0.134. The van der Waals surface area contributed by atoms with Crippen LogP contribution >= 0.6 is 0 Å². The van der Waals surface area contributed by atoms with E-state index in [2.05, 4.69) is 10.6 Å². The van der Waals surface area contributed by atoms with Crippen LogP contribution in [0.3, 0.4) is 0 Å². The molecule has 1 aliphatic heterocycles. The molecule has 3 aromatic rings. The van der Waals surface area contributed by atoms with Crippen LogP contribution in [-0.4, -0.2) is 43.5 Å². The van der Waals surface area contributed by atoms with Gasteiger partial charge in [-0.2, -0.15) is 0 Å². The quantitative estimate of drug-likeness (QED) is 0.489. The molecule has 0 spiro atoms. The normalized spacial score (nSPS) is 15.3. The van der Waals surface area contributed by atoms with Gasteiger partial charge in [-0.05, 0) is 36.2 Å². The summed E-state index contributed by atoms with van der Waals surface area (Å²) in [4.78, 5) is 40.6. The van der Waals surface area contributed by atoms with Crippen LogP contribution in [0.4, 0.5) is 4.79 Å². The van der Waals surface area contributed by atoms with Crippen molar-refractivity contribution in [2.75, 3.05) is 20.8 Å². The maximum atomic E-state index is 13.7. The molecule has 1 heterocycles. The second-order valence-corrected chi connectivity index (χ2v) is 8.20. The Hall–Kier alpha value is -4.33. The van der Waals surface area contributed by atoms with Crippen molar-refractivity contribution in [1.29, 1.82) is 0 Å². The van der Waals surface area contributed by atoms with Gasteiger partial charge in [0.25, 0.3) is 5.91 Å². The number of methoxy groups -OCH3 is 2. The number of benzene rings is 3. The van der Waals surface area contributed by atoms with Crippen molar-refractivity contribution in [1.82, 2.24) is 15.5 Å². The van der Waals surface area contributed by atoms with Gasteiger partial charge in [0.2, 0.25) is 5.91 Å². The average molecular weight is 474 g/mol. The molecule has 0 aromatic heterocycles. The first-order valence-electron chi connectivity index (χ1n) is 11.2. The van der Waals surface area contributed by atoms with Crippen molar-refractivity contribution in [3.05, 3.63) is 95.6 Å². The number of hydrogen-bond donors (Lipinski definition) is 2. The van der Waals surface area contributed by atoms with E-state index >= 15 is 0 Å². The number of rotatable bonds is 8. The fourth-order valence-electron chi connectivity index (χ4n) is 4.34. The molecule has 1 saturated heterocycles. The summed E-state index contributed by atoms with van der Waals surface area (Å²) >= 11 is 0. The van der Waals surface area contributed by atoms with E-state index in [-0.39, 0.29) is 0 Å². The summed E-state index contributed by atoms with van der Waals surface area (Å²) in [7, 11) is 3.10. The Balaban J connectivity index is 1.58. The third-order valence-corrected chi connectivity index (χ3v) is 6.10. The Labute approximate surface area is 203 Å². The highest BCUT2D eigenvalue weighted by Crippen LogP contribution is 2.36. The number of carbonyl (C=O) groups excluding carboxylic acids is 3. The molecule has 1 fully saturated rings. The summed E-state index contributed by atoms with van der Waals surface area (Å²) in [5.74, 6) is 0.205. The predicted octanol–water partition coefficient (Wildman–Crippen LogP) is 3.38. The summed E-state index contributed by atoms with van der Waals surface area (Å²) in [6, 6.07) is 22.2. The van der Waals surface area contributed by atoms with E-state index in [1.54, 1.807) is 87.9 Å². The van der Waals surface area contributed by atoms with Crippen LogP contribution in [-0.2, 0) is 15.1 Å². The summed E-state index contributed by atoms with van der Waals surface area (Å²) in [5, 5.41) is 5.69. The van der Waals surface area contributed by atoms with E-state index in [4.69, 9.17) is 9.47 Å². The molecule has 180 valence electrons. The number of ether oxygens (including phenoxy) is 2. The molecular formula is C27H27N3O5. The van der Waals surface area contributed by atoms with Gasteiger partial charge in [-0.3, -0.25) is 14.5 Å². The van der Waals surface area contributed by atoms with E-state index in [1.165, 1.54) is 0 Å². The summed E-state index contributed by atoms with van der Waals surface area (Å²) in [5.41, 5.74) is 0.519. The van der Waals surface area contributed by atoms with Gasteiger partial charge in [0.1, 0.15) is 18.0 Å². The first-order chi connectivity index (χ1) is 16.9. The first kappa shape index (κ1) is 23.8. The van der Waals surface area contributed by atoms with Crippen LogP contribution < -0.4 is 20.1 Å². The van der Waals surface area contributed by atoms with Crippen LogP contribution in [0, 0.1) is 0 Å². The smallest absolute Gasteiger partial charge is 0.326 e. The van der Waals surface area contributed by atoms with E-state index in [0.717, 1.165) is 4.90 Å². The maximum Gasteiger partial charge on any atom is 0.326 e. The lowest BCUT2D eigenvalue weighted by atomic mass is 9.82. The lowest BCUT2D eigenvalue weighted by Gasteiger charge is -2.28. The molecule has 1 aliphatic rings. The van der Waals surface area contributed by atoms with Crippen molar-refractivity contribution in [2.24, 2.45) is 0 Å². The molecule has 0 aliphatic carbocycles. The van der Waals surface area contributed by atoms with E-state index in [9.17, 15) is 14.4 Å². The third kappa shape index (κ3) is 4.42. The molecule has 8 heteroatoms. The van der Waals surface area contributed by atoms with E-state index < -0.39 is 36.0 Å². The Morgan fingerprint density at radius 3 is 2.09 bits per heavy atom. The Bertz CT molecular complexity index is 1190. The predicted molar refractivity (Wildman–Crippen MR) is 130 cm³/mol. The van der Waals surface area contributed by atoms with Crippen molar-refractivity contribution in [3.8, 4) is 11.5 Å². The molecule has 0 radical (unpaired) electrons. The molecule has 1 unspecified atom stereocenters. The van der Waals surface area contributed by atoms with E-state index in [0.29, 0.717) is 28.2 Å². The molecule has 1 atom stereocenters. The van der Waals surface area contributed by atoms with Gasteiger partial charge >= 0.3 is 6.03 Å². The Morgan fingerprint density at radius 2 is 1.54 bits per heavy atom. The van der Waals surface area contributed by atoms with Crippen molar-refractivity contribution >= 4 is 17.8 Å². The number of urea groups is 1. The van der Waals surface area contributed by atoms with Crippen molar-refractivity contribution in [3.63, 3.8) is 0 Å². The summed E-state index contributed by atoms with van der Waals surface area (Å²) < 4.78 is 10.7. The van der Waals surface area contributed by atoms with Gasteiger partial charge in [-0.15, -0.1) is 0 Å². The highest BCUT2D eigenvalue weighted by Gasteiger charge is 2.54. The number of carbonyl (C=O) groups is 3. The monoisotopic (exact) mass is 473 g/mol. The molecule has 4 amide bonds. The number of amides is 4. The zero-order valence-corrected chi connectivity index (χ0v) is 19.8. The number of imide groups is 1. The summed E-state index contributed by atoms with van der Waals surface area (Å²) in [6.07, 6.45) is 0. The highest BCUT2D eigenvalue weighted by atomic mass is 16.5. The zero-order chi connectivity index (χ0) is 25.0. The molecule has 35 heavy (non-hydrogen) atoms. The molecule has 4 rings (SSSR count). The van der Waals surface area contributed by atoms with Gasteiger partial charge < -0.3 is 20.1 Å². The summed E-state index contributed by atoms with van der Waals surface area (Å²) in [6.45, 7) is 1.36. The number of nitrogens with one attached hydrogen (secondary N) is 2. The third-order valence-electron chi connectivity index (χ3n) is 6.10. The highest BCUT2D eigenvalue weighted by molar-refractivity contribution is 6.11. The average Bonchev–Trinajstić information content (AvgIpc) is 3.14. The fraction of sp³-hybridized carbons (Fsp3) is 0.222. The van der Waals surface area contributed by atoms with Crippen LogP contribution in [0.5, 0.6) is 11.5 Å². The number of nitrogens with zero attached hydrogens (tertiary/aromatic N) is 1. The minimum Gasteiger partial charge on any atom is -0.497 e. The van der Waals surface area contributed by atoms with Crippen LogP contribution in [0.15, 0.2) is 78.9 Å². The largest absolute Gasteiger partial charge is 0.497 e. The van der Waals surface area contributed by atoms with Gasteiger partial charge in [-0.1, -0.05) is 60.7 Å². The van der Waals surface area contributed by atoms with Crippen LogP contribution in [0.1, 0.15) is 29.7 Å². The molecule has 8 nitrogen and oxygen atoms in total. The zero-order valence-electron chi connectivity index (χ0n) is 19.8. The van der Waals surface area contributed by atoms with Gasteiger partial charge in [0, 0.05) is 5.56 Å². The van der Waals surface area contributed by atoms with Crippen LogP contribution in [0.2, 0.25) is 0 Å². The Morgan fingerprint density at radius 1 is 0.943 bits per heavy atom. The van der Waals surface area contributed by atoms with Crippen molar-refractivity contribution < 1.29 is 23.9 Å². The Kier molecular flexibility index (Phi) is 6.73. The van der Waals surface area contributed by atoms with Crippen LogP contribution in [0.25, 0.3) is 0 Å². The van der Waals surface area contributed by atoms with Crippen molar-refractivity contribution in [2.45, 2.75) is 18.5 Å². The fourth-order valence-corrected chi connectivity index (χ4v) is 4.34. The minimum atomic E-state index is -1.42. The molecule has 3 aromatic carbocycles. The first-order valence-corrected chi connectivity index (χ1v) is 11.2. The van der Waals surface area contributed by atoms with Gasteiger partial charge in [0.05, 0.1) is 20.3 Å². The molecule has 2 N–H and O–H groups in total. The maximum absolute atomic E-state index is 13.7. The topological polar surface area (TPSA) is 97.0 Å². The van der Waals surface area contributed by atoms with Gasteiger partial charge in [0.15, 0.2) is 5.54 Å². The lowest BCUT2D eigenvalue weighted by Crippen LogP contribution is -2.46. The second kappa shape index (κ2) is 9.89. The molecule has 0 bridgehead atoms. The minimum absolute atomic E-state index is 0.428. The molecule has 0 saturated carbocycles. The van der Waals surface area contributed by atoms with E-state index in [1.807, 2.05) is 12.1 Å². The van der Waals surface area contributed by atoms with Gasteiger partial charge in [-0.25, -0.2) is 4.79 Å². The second-order valence-electron chi connectivity index (χ2n) is 8.20. The standard InChI is InChI=1S/C27H27N3O5/c1-18(22-16-21(34-2)14-15-23(22)35-3)28-24(31)17-30-25(32)27(29-26(30)33,19-10-6-4-7-11-19)20-12-8-5-9-13-20/h4-16,18H,17H2,1-3H3,(H,28,31)(H,29,33).